The van der Waals surface area contributed by atoms with Gasteiger partial charge in [0.15, 0.2) is 11.5 Å². The molecule has 0 saturated carbocycles. The Morgan fingerprint density at radius 3 is 2.74 bits per heavy atom. The number of fused-ring (bicyclic) bond motifs is 1. The third-order valence-electron chi connectivity index (χ3n) is 4.21. The maximum Gasteiger partial charge on any atom is 0.161 e. The van der Waals surface area contributed by atoms with Gasteiger partial charge in [0.2, 0.25) is 0 Å². The summed E-state index contributed by atoms with van der Waals surface area (Å²) >= 11 is 0. The minimum absolute atomic E-state index is 0.131. The Morgan fingerprint density at radius 1 is 1.11 bits per heavy atom. The second-order valence-corrected chi connectivity index (χ2v) is 6.86. The Morgan fingerprint density at radius 2 is 1.96 bits per heavy atom. The number of rotatable bonds is 10. The van der Waals surface area contributed by atoms with Crippen molar-refractivity contribution < 1.29 is 9.47 Å². The Balaban J connectivity index is 1.47. The van der Waals surface area contributed by atoms with Gasteiger partial charge in [0, 0.05) is 13.0 Å². The first kappa shape index (κ1) is 19.2. The summed E-state index contributed by atoms with van der Waals surface area (Å²) in [6, 6.07) is 14.3. The first-order valence-corrected chi connectivity index (χ1v) is 9.72. The fraction of sp³-hybridized carbons (Fsp3) is 0.409. The molecule has 0 aliphatic heterocycles. The minimum Gasteiger partial charge on any atom is -0.490 e. The monoisotopic (exact) mass is 367 g/mol. The molecule has 27 heavy (non-hydrogen) atoms. The summed E-state index contributed by atoms with van der Waals surface area (Å²) in [7, 11) is 0. The first-order chi connectivity index (χ1) is 13.2. The van der Waals surface area contributed by atoms with Crippen molar-refractivity contribution in [3.63, 3.8) is 0 Å². The SMILES string of the molecule is CCOc1cc(CNCCCc2nc3ccccc3[nH]2)ccc1OC(C)C. The van der Waals surface area contributed by atoms with Crippen molar-refractivity contribution in [1.82, 2.24) is 15.3 Å². The highest BCUT2D eigenvalue weighted by Crippen LogP contribution is 2.29. The lowest BCUT2D eigenvalue weighted by molar-refractivity contribution is 0.223. The van der Waals surface area contributed by atoms with Crippen LogP contribution in [0.5, 0.6) is 11.5 Å². The summed E-state index contributed by atoms with van der Waals surface area (Å²) in [5, 5.41) is 3.50. The number of ether oxygens (including phenoxy) is 2. The number of nitrogens with zero attached hydrogens (tertiary/aromatic N) is 1. The third kappa shape index (κ3) is 5.47. The van der Waals surface area contributed by atoms with Crippen molar-refractivity contribution >= 4 is 11.0 Å². The Kier molecular flexibility index (Phi) is 6.71. The summed E-state index contributed by atoms with van der Waals surface area (Å²) in [6.07, 6.45) is 2.10. The van der Waals surface area contributed by atoms with Crippen LogP contribution in [0.25, 0.3) is 11.0 Å². The van der Waals surface area contributed by atoms with Crippen molar-refractivity contribution in [2.75, 3.05) is 13.2 Å². The molecule has 0 radical (unpaired) electrons. The van der Waals surface area contributed by atoms with E-state index in [1.807, 2.05) is 45.0 Å². The smallest absolute Gasteiger partial charge is 0.161 e. The number of hydrogen-bond donors (Lipinski definition) is 2. The molecule has 144 valence electrons. The van der Waals surface area contributed by atoms with Crippen LogP contribution in [0.1, 0.15) is 38.6 Å². The number of aryl methyl sites for hydroxylation is 1. The van der Waals surface area contributed by atoms with E-state index in [1.54, 1.807) is 0 Å². The molecule has 0 saturated heterocycles. The lowest BCUT2D eigenvalue weighted by Gasteiger charge is -2.15. The average Bonchev–Trinajstić information content (AvgIpc) is 3.06. The number of benzene rings is 2. The quantitative estimate of drug-likeness (QED) is 0.519. The second kappa shape index (κ2) is 9.42. The van der Waals surface area contributed by atoms with Crippen LogP contribution in [0, 0.1) is 0 Å². The molecule has 5 heteroatoms. The van der Waals surface area contributed by atoms with Gasteiger partial charge in [-0.3, -0.25) is 0 Å². The highest BCUT2D eigenvalue weighted by molar-refractivity contribution is 5.74. The molecule has 5 nitrogen and oxygen atoms in total. The average molecular weight is 367 g/mol. The third-order valence-corrected chi connectivity index (χ3v) is 4.21. The fourth-order valence-corrected chi connectivity index (χ4v) is 3.02. The molecule has 2 aromatic carbocycles. The molecule has 2 N–H and O–H groups in total. The zero-order valence-corrected chi connectivity index (χ0v) is 16.4. The molecule has 0 unspecified atom stereocenters. The Hall–Kier alpha value is -2.53. The Bertz CT molecular complexity index is 825. The van der Waals surface area contributed by atoms with Crippen LogP contribution >= 0.6 is 0 Å². The normalized spacial score (nSPS) is 11.3. The van der Waals surface area contributed by atoms with Crippen LogP contribution in [0.3, 0.4) is 0 Å². The van der Waals surface area contributed by atoms with Gasteiger partial charge in [0.1, 0.15) is 5.82 Å². The zero-order valence-electron chi connectivity index (χ0n) is 16.4. The van der Waals surface area contributed by atoms with Gasteiger partial charge in [-0.2, -0.15) is 0 Å². The van der Waals surface area contributed by atoms with Crippen molar-refractivity contribution in [3.8, 4) is 11.5 Å². The number of para-hydroxylation sites is 2. The van der Waals surface area contributed by atoms with Crippen molar-refractivity contribution in [2.24, 2.45) is 0 Å². The molecule has 0 aliphatic carbocycles. The molecule has 0 atom stereocenters. The van der Waals surface area contributed by atoms with Crippen LogP contribution in [0.15, 0.2) is 42.5 Å². The fourth-order valence-electron chi connectivity index (χ4n) is 3.02. The standard InChI is InChI=1S/C22H29N3O2/c1-4-26-21-14-17(11-12-20(21)27-16(2)3)15-23-13-7-10-22-24-18-8-5-6-9-19(18)25-22/h5-6,8-9,11-12,14,16,23H,4,7,10,13,15H2,1-3H3,(H,24,25). The number of H-pyrrole nitrogens is 1. The van der Waals surface area contributed by atoms with E-state index in [9.17, 15) is 0 Å². The molecule has 0 aliphatic rings. The van der Waals surface area contributed by atoms with E-state index >= 15 is 0 Å². The van der Waals surface area contributed by atoms with Gasteiger partial charge in [-0.05, 0) is 63.6 Å². The predicted octanol–water partition coefficient (Wildman–Crippen LogP) is 4.47. The molecule has 1 heterocycles. The predicted molar refractivity (Wildman–Crippen MR) is 109 cm³/mol. The molecule has 0 bridgehead atoms. The maximum absolute atomic E-state index is 5.81. The van der Waals surface area contributed by atoms with E-state index in [-0.39, 0.29) is 6.10 Å². The summed E-state index contributed by atoms with van der Waals surface area (Å²) in [6.45, 7) is 8.40. The van der Waals surface area contributed by atoms with Crippen molar-refractivity contribution in [3.05, 3.63) is 53.9 Å². The van der Waals surface area contributed by atoms with Crippen LogP contribution in [0.2, 0.25) is 0 Å². The van der Waals surface area contributed by atoms with Gasteiger partial charge < -0.3 is 19.8 Å². The summed E-state index contributed by atoms with van der Waals surface area (Å²) < 4.78 is 11.5. The Labute approximate surface area is 161 Å². The van der Waals surface area contributed by atoms with Gasteiger partial charge in [-0.15, -0.1) is 0 Å². The van der Waals surface area contributed by atoms with Gasteiger partial charge >= 0.3 is 0 Å². The number of imidazole rings is 1. The van der Waals surface area contributed by atoms with Crippen LogP contribution in [-0.2, 0) is 13.0 Å². The molecule has 0 spiro atoms. The molecular weight excluding hydrogens is 338 g/mol. The van der Waals surface area contributed by atoms with Gasteiger partial charge in [-0.25, -0.2) is 4.98 Å². The van der Waals surface area contributed by atoms with E-state index < -0.39 is 0 Å². The summed E-state index contributed by atoms with van der Waals surface area (Å²) in [4.78, 5) is 8.00. The molecule has 1 aromatic heterocycles. The van der Waals surface area contributed by atoms with E-state index in [4.69, 9.17) is 9.47 Å². The number of aromatic amines is 1. The minimum atomic E-state index is 0.131. The molecule has 3 rings (SSSR count). The van der Waals surface area contributed by atoms with Crippen molar-refractivity contribution in [1.29, 1.82) is 0 Å². The van der Waals surface area contributed by atoms with E-state index in [0.29, 0.717) is 6.61 Å². The van der Waals surface area contributed by atoms with Crippen LogP contribution < -0.4 is 14.8 Å². The number of nitrogens with one attached hydrogen (secondary N) is 2. The van der Waals surface area contributed by atoms with Gasteiger partial charge in [0.25, 0.3) is 0 Å². The number of hydrogen-bond acceptors (Lipinski definition) is 4. The lowest BCUT2D eigenvalue weighted by Crippen LogP contribution is -2.16. The maximum atomic E-state index is 5.81. The van der Waals surface area contributed by atoms with E-state index in [2.05, 4.69) is 33.5 Å². The summed E-state index contributed by atoms with van der Waals surface area (Å²) in [5.41, 5.74) is 3.33. The van der Waals surface area contributed by atoms with E-state index in [1.165, 1.54) is 5.56 Å². The number of aromatic nitrogens is 2. The largest absolute Gasteiger partial charge is 0.490 e. The topological polar surface area (TPSA) is 59.2 Å². The van der Waals surface area contributed by atoms with E-state index in [0.717, 1.165) is 54.3 Å². The highest BCUT2D eigenvalue weighted by Gasteiger charge is 2.08. The lowest BCUT2D eigenvalue weighted by atomic mass is 10.2. The second-order valence-electron chi connectivity index (χ2n) is 6.86. The first-order valence-electron chi connectivity index (χ1n) is 9.72. The molecule has 3 aromatic rings. The highest BCUT2D eigenvalue weighted by atomic mass is 16.5. The molecule has 0 fully saturated rings. The molecule has 0 amide bonds. The van der Waals surface area contributed by atoms with Crippen LogP contribution in [0.4, 0.5) is 0 Å². The summed E-state index contributed by atoms with van der Waals surface area (Å²) in [5.74, 6) is 2.67. The molecular formula is C22H29N3O2. The van der Waals surface area contributed by atoms with Crippen LogP contribution in [-0.4, -0.2) is 29.2 Å². The van der Waals surface area contributed by atoms with Crippen molar-refractivity contribution in [2.45, 2.75) is 46.3 Å². The zero-order chi connectivity index (χ0) is 19.1. The van der Waals surface area contributed by atoms with Gasteiger partial charge in [-0.1, -0.05) is 18.2 Å². The van der Waals surface area contributed by atoms with Gasteiger partial charge in [0.05, 0.1) is 23.7 Å².